The highest BCUT2D eigenvalue weighted by atomic mass is 16.8. The van der Waals surface area contributed by atoms with E-state index < -0.39 is 35.7 Å². The monoisotopic (exact) mass is 404 g/mol. The second-order valence-corrected chi connectivity index (χ2v) is 8.26. The summed E-state index contributed by atoms with van der Waals surface area (Å²) in [6.07, 6.45) is 1.95. The summed E-state index contributed by atoms with van der Waals surface area (Å²) >= 11 is 0. The summed E-state index contributed by atoms with van der Waals surface area (Å²) in [6.45, 7) is 1.65. The number of aromatic nitrogens is 3. The summed E-state index contributed by atoms with van der Waals surface area (Å²) in [5, 5.41) is 26.0. The van der Waals surface area contributed by atoms with Crippen LogP contribution in [0, 0.1) is 0 Å². The molecule has 10 heteroatoms. The molecule has 0 aromatic carbocycles. The number of hydrogen-bond donors (Lipinski definition) is 3. The molecule has 5 rings (SSSR count). The van der Waals surface area contributed by atoms with E-state index in [1.807, 2.05) is 0 Å². The van der Waals surface area contributed by atoms with E-state index in [0.29, 0.717) is 11.2 Å². The molecule has 2 aliphatic carbocycles. The molecular formula is C19H24N4O6. The molecule has 2 saturated carbocycles. The molecule has 2 aromatic heterocycles. The molecule has 0 spiro atoms. The van der Waals surface area contributed by atoms with Crippen LogP contribution in [-0.2, 0) is 19.8 Å². The number of carbonyl (C=O) groups excluding carboxylic acids is 1. The Hall–Kier alpha value is -2.43. The standard InChI is InChI=1S/C19H24N4O6/c1-18(12-8-7-11-15(20)21-9-22-23(11)12)16(24)19(26)13(14(19)29-18)28-17(25)27-10-5-3-2-4-6-10/h7-10,13-14,16,24,26H,2-6H2,1H3,(H2,20,21,22)/t13?,14-,16+,18+,19-/m1/s1. The minimum absolute atomic E-state index is 0.155. The summed E-state index contributed by atoms with van der Waals surface area (Å²) in [4.78, 5) is 16.1. The van der Waals surface area contributed by atoms with Crippen LogP contribution < -0.4 is 5.73 Å². The van der Waals surface area contributed by atoms with Crippen LogP contribution in [0.4, 0.5) is 10.6 Å². The summed E-state index contributed by atoms with van der Waals surface area (Å²) in [6, 6.07) is 3.43. The summed E-state index contributed by atoms with van der Waals surface area (Å²) in [5.74, 6) is 0.290. The van der Waals surface area contributed by atoms with Crippen LogP contribution in [0.25, 0.3) is 5.52 Å². The molecule has 0 bridgehead atoms. The zero-order valence-corrected chi connectivity index (χ0v) is 16.0. The van der Waals surface area contributed by atoms with Crippen molar-refractivity contribution in [2.75, 3.05) is 5.73 Å². The number of nitrogens with zero attached hydrogens (tertiary/aromatic N) is 3. The number of carbonyl (C=O) groups is 1. The van der Waals surface area contributed by atoms with E-state index in [-0.39, 0.29) is 11.9 Å². The van der Waals surface area contributed by atoms with E-state index in [2.05, 4.69) is 10.1 Å². The van der Waals surface area contributed by atoms with E-state index in [1.165, 1.54) is 10.8 Å². The van der Waals surface area contributed by atoms with Gasteiger partial charge in [-0.1, -0.05) is 6.42 Å². The van der Waals surface area contributed by atoms with Gasteiger partial charge in [-0.2, -0.15) is 5.10 Å². The number of rotatable bonds is 3. The van der Waals surface area contributed by atoms with E-state index in [1.54, 1.807) is 19.1 Å². The lowest BCUT2D eigenvalue weighted by Gasteiger charge is -2.32. The minimum Gasteiger partial charge on any atom is -0.431 e. The van der Waals surface area contributed by atoms with Crippen molar-refractivity contribution in [3.63, 3.8) is 0 Å². The van der Waals surface area contributed by atoms with Crippen LogP contribution >= 0.6 is 0 Å². The zero-order valence-electron chi connectivity index (χ0n) is 16.0. The van der Waals surface area contributed by atoms with Gasteiger partial charge >= 0.3 is 6.16 Å². The first-order chi connectivity index (χ1) is 13.9. The van der Waals surface area contributed by atoms with Crippen LogP contribution in [0.5, 0.6) is 0 Å². The Bertz CT molecular complexity index is 959. The molecule has 3 aliphatic rings. The Morgan fingerprint density at radius 3 is 2.76 bits per heavy atom. The van der Waals surface area contributed by atoms with Gasteiger partial charge in [0, 0.05) is 0 Å². The van der Waals surface area contributed by atoms with Crippen molar-refractivity contribution in [3.05, 3.63) is 24.2 Å². The first-order valence-corrected chi connectivity index (χ1v) is 9.90. The van der Waals surface area contributed by atoms with E-state index in [0.717, 1.165) is 32.1 Å². The van der Waals surface area contributed by atoms with Crippen LogP contribution in [0.2, 0.25) is 0 Å². The van der Waals surface area contributed by atoms with Gasteiger partial charge in [0.1, 0.15) is 35.8 Å². The van der Waals surface area contributed by atoms with Crippen LogP contribution in [0.3, 0.4) is 0 Å². The number of aliphatic hydroxyl groups excluding tert-OH is 1. The normalized spacial score (nSPS) is 36.7. The van der Waals surface area contributed by atoms with Crippen molar-refractivity contribution in [1.82, 2.24) is 14.6 Å². The first kappa shape index (κ1) is 18.6. The van der Waals surface area contributed by atoms with E-state index >= 15 is 0 Å². The third-order valence-electron chi connectivity index (χ3n) is 6.44. The van der Waals surface area contributed by atoms with Crippen molar-refractivity contribution in [2.24, 2.45) is 0 Å². The molecule has 3 heterocycles. The number of nitrogen functional groups attached to an aromatic ring is 1. The average molecular weight is 404 g/mol. The largest absolute Gasteiger partial charge is 0.509 e. The Morgan fingerprint density at radius 2 is 2.07 bits per heavy atom. The Kier molecular flexibility index (Phi) is 4.03. The molecule has 1 aliphatic heterocycles. The topological polar surface area (TPSA) is 141 Å². The molecule has 3 fully saturated rings. The highest BCUT2D eigenvalue weighted by Crippen LogP contribution is 2.59. The Labute approximate surface area is 166 Å². The molecule has 4 N–H and O–H groups in total. The quantitative estimate of drug-likeness (QED) is 0.636. The third-order valence-corrected chi connectivity index (χ3v) is 6.44. The van der Waals surface area contributed by atoms with Gasteiger partial charge in [0.25, 0.3) is 0 Å². The lowest BCUT2D eigenvalue weighted by molar-refractivity contribution is -0.134. The van der Waals surface area contributed by atoms with Crippen LogP contribution in [0.1, 0.15) is 44.7 Å². The van der Waals surface area contributed by atoms with Crippen molar-refractivity contribution in [3.8, 4) is 0 Å². The van der Waals surface area contributed by atoms with E-state index in [9.17, 15) is 15.0 Å². The number of hydrogen-bond acceptors (Lipinski definition) is 9. The van der Waals surface area contributed by atoms with Gasteiger partial charge in [0.05, 0.1) is 5.69 Å². The summed E-state index contributed by atoms with van der Waals surface area (Å²) < 4.78 is 18.1. The Balaban J connectivity index is 1.31. The molecule has 10 nitrogen and oxygen atoms in total. The molecular weight excluding hydrogens is 380 g/mol. The van der Waals surface area contributed by atoms with Crippen molar-refractivity contribution in [2.45, 2.75) is 74.6 Å². The maximum Gasteiger partial charge on any atom is 0.509 e. The summed E-state index contributed by atoms with van der Waals surface area (Å²) in [7, 11) is 0. The SMILES string of the molecule is C[C@@]1(c2ccc3c(N)ncnn23)O[C@@H]2C(OC(=O)OC3CCCCC3)[C@]2(O)[C@H]1O. The van der Waals surface area contributed by atoms with Gasteiger partial charge in [-0.15, -0.1) is 0 Å². The maximum atomic E-state index is 12.1. The first-order valence-electron chi connectivity index (χ1n) is 9.90. The molecule has 2 aromatic rings. The van der Waals surface area contributed by atoms with Crippen molar-refractivity contribution in [1.29, 1.82) is 0 Å². The van der Waals surface area contributed by atoms with Crippen LogP contribution in [0.15, 0.2) is 18.5 Å². The van der Waals surface area contributed by atoms with Gasteiger partial charge in [-0.25, -0.2) is 14.3 Å². The average Bonchev–Trinajstić information content (AvgIpc) is 3.01. The summed E-state index contributed by atoms with van der Waals surface area (Å²) in [5.41, 5.74) is 3.97. The lowest BCUT2D eigenvalue weighted by atomic mass is 9.91. The smallest absolute Gasteiger partial charge is 0.431 e. The van der Waals surface area contributed by atoms with Gasteiger partial charge in [0.2, 0.25) is 0 Å². The lowest BCUT2D eigenvalue weighted by Crippen LogP contribution is -2.46. The molecule has 0 amide bonds. The molecule has 1 saturated heterocycles. The number of fused-ring (bicyclic) bond motifs is 2. The zero-order chi connectivity index (χ0) is 20.4. The minimum atomic E-state index is -1.71. The highest BCUT2D eigenvalue weighted by molar-refractivity contribution is 5.66. The van der Waals surface area contributed by atoms with Gasteiger partial charge in [-0.3, -0.25) is 0 Å². The fraction of sp³-hybridized carbons (Fsp3) is 0.632. The molecule has 0 radical (unpaired) electrons. The van der Waals surface area contributed by atoms with Crippen molar-refractivity contribution < 1.29 is 29.2 Å². The fourth-order valence-electron chi connectivity index (χ4n) is 4.70. The second kappa shape index (κ2) is 6.28. The Morgan fingerprint density at radius 1 is 1.31 bits per heavy atom. The second-order valence-electron chi connectivity index (χ2n) is 8.26. The van der Waals surface area contributed by atoms with Crippen LogP contribution in [-0.4, -0.2) is 61.0 Å². The molecule has 1 unspecified atom stereocenters. The van der Waals surface area contributed by atoms with Gasteiger partial charge < -0.3 is 30.2 Å². The van der Waals surface area contributed by atoms with Gasteiger partial charge in [-0.05, 0) is 44.7 Å². The predicted molar refractivity (Wildman–Crippen MR) is 98.8 cm³/mol. The number of ether oxygens (including phenoxy) is 3. The third kappa shape index (κ3) is 2.62. The highest BCUT2D eigenvalue weighted by Gasteiger charge is 2.82. The molecule has 29 heavy (non-hydrogen) atoms. The predicted octanol–water partition coefficient (Wildman–Crippen LogP) is 0.886. The van der Waals surface area contributed by atoms with Gasteiger partial charge in [0.15, 0.2) is 17.5 Å². The molecule has 156 valence electrons. The maximum absolute atomic E-state index is 12.1. The molecule has 5 atom stereocenters. The number of anilines is 1. The van der Waals surface area contributed by atoms with E-state index in [4.69, 9.17) is 19.9 Å². The van der Waals surface area contributed by atoms with Crippen molar-refractivity contribution >= 4 is 17.5 Å². The fourth-order valence-corrected chi connectivity index (χ4v) is 4.70. The number of nitrogens with two attached hydrogens (primary N) is 1. The number of aliphatic hydroxyl groups is 2.